The van der Waals surface area contributed by atoms with E-state index in [0.717, 1.165) is 8.95 Å². The monoisotopic (exact) mass is 347 g/mol. The minimum absolute atomic E-state index is 0.361. The highest BCUT2D eigenvalue weighted by Crippen LogP contribution is 2.27. The molecule has 0 aliphatic rings. The van der Waals surface area contributed by atoms with E-state index in [0.29, 0.717) is 18.0 Å². The SMILES string of the molecule is CC(NC(C)C(C)C)c1ccc(Br)cc1Br. The smallest absolute Gasteiger partial charge is 0.0305 e. The second kappa shape index (κ2) is 6.18. The summed E-state index contributed by atoms with van der Waals surface area (Å²) in [6.45, 7) is 8.91. The zero-order valence-electron chi connectivity index (χ0n) is 10.2. The molecule has 0 saturated carbocycles. The van der Waals surface area contributed by atoms with Gasteiger partial charge in [0.15, 0.2) is 0 Å². The van der Waals surface area contributed by atoms with E-state index in [9.17, 15) is 0 Å². The molecule has 0 spiro atoms. The van der Waals surface area contributed by atoms with Crippen molar-refractivity contribution in [1.29, 1.82) is 0 Å². The van der Waals surface area contributed by atoms with E-state index >= 15 is 0 Å². The highest BCUT2D eigenvalue weighted by Gasteiger charge is 2.14. The van der Waals surface area contributed by atoms with Crippen LogP contribution < -0.4 is 5.32 Å². The molecular formula is C13H19Br2N. The van der Waals surface area contributed by atoms with Crippen LogP contribution >= 0.6 is 31.9 Å². The van der Waals surface area contributed by atoms with Crippen LogP contribution in [0.3, 0.4) is 0 Å². The fourth-order valence-electron chi connectivity index (χ4n) is 1.53. The van der Waals surface area contributed by atoms with Gasteiger partial charge in [-0.1, -0.05) is 51.8 Å². The van der Waals surface area contributed by atoms with Crippen LogP contribution in [0.4, 0.5) is 0 Å². The maximum absolute atomic E-state index is 3.61. The van der Waals surface area contributed by atoms with Crippen molar-refractivity contribution in [2.75, 3.05) is 0 Å². The molecule has 0 aliphatic carbocycles. The van der Waals surface area contributed by atoms with E-state index < -0.39 is 0 Å². The van der Waals surface area contributed by atoms with E-state index in [1.165, 1.54) is 5.56 Å². The van der Waals surface area contributed by atoms with Gasteiger partial charge in [-0.15, -0.1) is 0 Å². The Morgan fingerprint density at radius 1 is 1.06 bits per heavy atom. The maximum Gasteiger partial charge on any atom is 0.0305 e. The number of hydrogen-bond donors (Lipinski definition) is 1. The minimum Gasteiger partial charge on any atom is -0.307 e. The average Bonchev–Trinajstić information content (AvgIpc) is 2.16. The van der Waals surface area contributed by atoms with Gasteiger partial charge in [0.2, 0.25) is 0 Å². The first kappa shape index (κ1) is 14.2. The summed E-state index contributed by atoms with van der Waals surface area (Å²) in [7, 11) is 0. The fourth-order valence-corrected chi connectivity index (χ4v) is 2.92. The molecule has 3 heteroatoms. The van der Waals surface area contributed by atoms with Gasteiger partial charge in [0, 0.05) is 21.0 Å². The molecule has 0 bridgehead atoms. The van der Waals surface area contributed by atoms with E-state index in [4.69, 9.17) is 0 Å². The van der Waals surface area contributed by atoms with Crippen LogP contribution in [-0.2, 0) is 0 Å². The molecule has 1 N–H and O–H groups in total. The molecular weight excluding hydrogens is 330 g/mol. The van der Waals surface area contributed by atoms with Crippen molar-refractivity contribution in [1.82, 2.24) is 5.32 Å². The van der Waals surface area contributed by atoms with Gasteiger partial charge in [0.1, 0.15) is 0 Å². The lowest BCUT2D eigenvalue weighted by atomic mass is 10.0. The molecule has 1 aromatic rings. The summed E-state index contributed by atoms with van der Waals surface area (Å²) in [5.41, 5.74) is 1.30. The number of halogens is 2. The lowest BCUT2D eigenvalue weighted by Gasteiger charge is -2.24. The van der Waals surface area contributed by atoms with Crippen molar-refractivity contribution in [3.8, 4) is 0 Å². The molecule has 0 fully saturated rings. The predicted molar refractivity (Wildman–Crippen MR) is 77.7 cm³/mol. The fraction of sp³-hybridized carbons (Fsp3) is 0.538. The van der Waals surface area contributed by atoms with Crippen LogP contribution in [0.5, 0.6) is 0 Å². The predicted octanol–water partition coefficient (Wildman–Crippen LogP) is 4.91. The van der Waals surface area contributed by atoms with Gasteiger partial charge >= 0.3 is 0 Å². The standard InChI is InChI=1S/C13H19Br2N/c1-8(2)9(3)16-10(4)12-6-5-11(14)7-13(12)15/h5-10,16H,1-4H3. The Balaban J connectivity index is 2.76. The second-order valence-electron chi connectivity index (χ2n) is 4.59. The van der Waals surface area contributed by atoms with Crippen molar-refractivity contribution >= 4 is 31.9 Å². The van der Waals surface area contributed by atoms with Crippen LogP contribution in [0.25, 0.3) is 0 Å². The Hall–Kier alpha value is 0.140. The van der Waals surface area contributed by atoms with Crippen LogP contribution in [0.15, 0.2) is 27.1 Å². The lowest BCUT2D eigenvalue weighted by Crippen LogP contribution is -2.33. The van der Waals surface area contributed by atoms with Gasteiger partial charge < -0.3 is 5.32 Å². The van der Waals surface area contributed by atoms with Gasteiger partial charge in [0.25, 0.3) is 0 Å². The lowest BCUT2D eigenvalue weighted by molar-refractivity contribution is 0.388. The Morgan fingerprint density at radius 2 is 1.69 bits per heavy atom. The summed E-state index contributed by atoms with van der Waals surface area (Å²) in [6, 6.07) is 7.20. The molecule has 0 amide bonds. The van der Waals surface area contributed by atoms with Gasteiger partial charge in [-0.2, -0.15) is 0 Å². The number of benzene rings is 1. The van der Waals surface area contributed by atoms with Gasteiger partial charge in [-0.05, 0) is 37.5 Å². The van der Waals surface area contributed by atoms with Crippen LogP contribution in [0, 0.1) is 5.92 Å². The van der Waals surface area contributed by atoms with Crippen molar-refractivity contribution in [2.45, 2.75) is 39.8 Å². The molecule has 0 aliphatic heterocycles. The molecule has 2 unspecified atom stereocenters. The van der Waals surface area contributed by atoms with E-state index in [1.54, 1.807) is 0 Å². The highest BCUT2D eigenvalue weighted by molar-refractivity contribution is 9.11. The normalized spacial score (nSPS) is 15.2. The number of nitrogens with one attached hydrogen (secondary N) is 1. The molecule has 16 heavy (non-hydrogen) atoms. The van der Waals surface area contributed by atoms with Crippen LogP contribution in [0.1, 0.15) is 39.3 Å². The van der Waals surface area contributed by atoms with E-state index in [2.05, 4.69) is 83.1 Å². The third kappa shape index (κ3) is 3.86. The molecule has 1 rings (SSSR count). The first-order chi connectivity index (χ1) is 7.41. The zero-order valence-corrected chi connectivity index (χ0v) is 13.4. The maximum atomic E-state index is 3.61. The largest absolute Gasteiger partial charge is 0.307 e. The molecule has 0 aromatic heterocycles. The molecule has 0 radical (unpaired) electrons. The summed E-state index contributed by atoms with van der Waals surface area (Å²) in [6.07, 6.45) is 0. The van der Waals surface area contributed by atoms with Crippen molar-refractivity contribution < 1.29 is 0 Å². The summed E-state index contributed by atoms with van der Waals surface area (Å²) in [5, 5.41) is 3.61. The molecule has 0 saturated heterocycles. The Bertz CT molecular complexity index is 350. The minimum atomic E-state index is 0.361. The van der Waals surface area contributed by atoms with Crippen LogP contribution in [-0.4, -0.2) is 6.04 Å². The van der Waals surface area contributed by atoms with Gasteiger partial charge in [-0.3, -0.25) is 0 Å². The Morgan fingerprint density at radius 3 is 2.19 bits per heavy atom. The Kier molecular flexibility index (Phi) is 5.48. The van der Waals surface area contributed by atoms with Crippen LogP contribution in [0.2, 0.25) is 0 Å². The van der Waals surface area contributed by atoms with Gasteiger partial charge in [-0.25, -0.2) is 0 Å². The summed E-state index contributed by atoms with van der Waals surface area (Å²) in [5.74, 6) is 0.650. The molecule has 2 atom stereocenters. The zero-order chi connectivity index (χ0) is 12.3. The first-order valence-corrected chi connectivity index (χ1v) is 7.21. The summed E-state index contributed by atoms with van der Waals surface area (Å²) in [4.78, 5) is 0. The Labute approximate surface area is 115 Å². The molecule has 1 nitrogen and oxygen atoms in total. The highest BCUT2D eigenvalue weighted by atomic mass is 79.9. The first-order valence-electron chi connectivity index (χ1n) is 5.62. The number of rotatable bonds is 4. The molecule has 0 heterocycles. The van der Waals surface area contributed by atoms with Crippen molar-refractivity contribution in [3.63, 3.8) is 0 Å². The van der Waals surface area contributed by atoms with Gasteiger partial charge in [0.05, 0.1) is 0 Å². The van der Waals surface area contributed by atoms with E-state index in [-0.39, 0.29) is 0 Å². The molecule has 90 valence electrons. The third-order valence-corrected chi connectivity index (χ3v) is 4.12. The second-order valence-corrected chi connectivity index (χ2v) is 6.36. The van der Waals surface area contributed by atoms with E-state index in [1.807, 2.05) is 0 Å². The average molecular weight is 349 g/mol. The van der Waals surface area contributed by atoms with Crippen molar-refractivity contribution in [2.24, 2.45) is 5.92 Å². The third-order valence-electron chi connectivity index (χ3n) is 2.94. The summed E-state index contributed by atoms with van der Waals surface area (Å²) < 4.78 is 2.25. The number of hydrogen-bond acceptors (Lipinski definition) is 1. The summed E-state index contributed by atoms with van der Waals surface area (Å²) >= 11 is 7.07. The quantitative estimate of drug-likeness (QED) is 0.815. The molecule has 1 aromatic carbocycles. The van der Waals surface area contributed by atoms with Crippen molar-refractivity contribution in [3.05, 3.63) is 32.7 Å². The topological polar surface area (TPSA) is 12.0 Å².